The molecule has 0 aromatic heterocycles. The number of hydrazine groups is 1. The molecule has 1 unspecified atom stereocenters. The highest BCUT2D eigenvalue weighted by Crippen LogP contribution is 2.27. The van der Waals surface area contributed by atoms with Crippen molar-refractivity contribution in [1.29, 1.82) is 0 Å². The van der Waals surface area contributed by atoms with Gasteiger partial charge in [0.05, 0.1) is 19.2 Å². The van der Waals surface area contributed by atoms with Crippen molar-refractivity contribution in [2.75, 3.05) is 12.0 Å². The van der Waals surface area contributed by atoms with E-state index in [1.54, 1.807) is 12.1 Å². The van der Waals surface area contributed by atoms with Gasteiger partial charge in [0, 0.05) is 13.3 Å². The van der Waals surface area contributed by atoms with Crippen LogP contribution in [0, 0.1) is 0 Å². The van der Waals surface area contributed by atoms with E-state index < -0.39 is 42.2 Å². The van der Waals surface area contributed by atoms with Gasteiger partial charge in [0.2, 0.25) is 11.8 Å². The molecule has 1 aliphatic rings. The molecule has 2 aromatic rings. The van der Waals surface area contributed by atoms with E-state index in [2.05, 4.69) is 5.43 Å². The van der Waals surface area contributed by atoms with Crippen LogP contribution in [0.4, 0.5) is 10.5 Å². The molecule has 34 heavy (non-hydrogen) atoms. The molecule has 0 aliphatic carbocycles. The number of ether oxygens (including phenoxy) is 1. The van der Waals surface area contributed by atoms with E-state index in [1.165, 1.54) is 19.2 Å². The number of rotatable bonds is 8. The number of anilines is 1. The summed E-state index contributed by atoms with van der Waals surface area (Å²) in [6.45, 7) is 1.08. The number of carboxylic acid groups (broad SMARTS) is 1. The molecule has 0 spiro atoms. The summed E-state index contributed by atoms with van der Waals surface area (Å²) in [5.74, 6) is -2.14. The quantitative estimate of drug-likeness (QED) is 0.493. The Morgan fingerprint density at radius 1 is 1.06 bits per heavy atom. The second-order valence-electron chi connectivity index (χ2n) is 7.25. The summed E-state index contributed by atoms with van der Waals surface area (Å²) in [5, 5.41) is 8.30. The lowest BCUT2D eigenvalue weighted by molar-refractivity contribution is -0.134. The summed E-state index contributed by atoms with van der Waals surface area (Å²) >= 11 is 0. The van der Waals surface area contributed by atoms with E-state index in [4.69, 9.17) is 20.4 Å². The van der Waals surface area contributed by atoms with Gasteiger partial charge in [-0.3, -0.25) is 24.6 Å². The molecule has 4 N–H and O–H groups in total. The Hall–Kier alpha value is -4.41. The van der Waals surface area contributed by atoms with Crippen LogP contribution < -0.4 is 20.8 Å². The highest BCUT2D eigenvalue weighted by molar-refractivity contribution is 6.22. The number of benzene rings is 2. The number of carboxylic acids is 1. The van der Waals surface area contributed by atoms with E-state index in [1.807, 2.05) is 30.3 Å². The summed E-state index contributed by atoms with van der Waals surface area (Å²) in [4.78, 5) is 59.5. The number of hydrogen-bond donors (Lipinski definition) is 3. The lowest BCUT2D eigenvalue weighted by Crippen LogP contribution is -2.50. The molecule has 1 heterocycles. The van der Waals surface area contributed by atoms with Gasteiger partial charge in [-0.15, -0.1) is 0 Å². The Balaban J connectivity index is 0.000000945. The summed E-state index contributed by atoms with van der Waals surface area (Å²) in [6.07, 6.45) is 0.162. The minimum absolute atomic E-state index is 0.105. The van der Waals surface area contributed by atoms with E-state index in [-0.39, 0.29) is 6.42 Å². The summed E-state index contributed by atoms with van der Waals surface area (Å²) in [5.41, 5.74) is 8.97. The first kappa shape index (κ1) is 25.8. The fraction of sp³-hybridized carbons (Fsp3) is 0.261. The number of methoxy groups -OCH3 is 1. The Morgan fingerprint density at radius 3 is 2.18 bits per heavy atom. The van der Waals surface area contributed by atoms with Crippen molar-refractivity contribution in [3.8, 4) is 5.75 Å². The number of imide groups is 1. The molecule has 5 amide bonds. The standard InChI is InChI=1S/C21H22N4O5.C2H4O2/c1-30-16-10-8-15(9-11-16)24-20(28)17(13-18(22)26)25(21(24)29)23-19(27)12-7-14-5-3-2-4-6-14;1-2(3)4/h2-6,8-11,17H,7,12-13H2,1H3,(H2,22,26)(H,23,27);1H3,(H,3,4). The van der Waals surface area contributed by atoms with Crippen LogP contribution in [0.3, 0.4) is 0 Å². The fourth-order valence-corrected chi connectivity index (χ4v) is 3.15. The third-order valence-corrected chi connectivity index (χ3v) is 4.67. The molecular weight excluding hydrogens is 444 g/mol. The van der Waals surface area contributed by atoms with E-state index in [0.29, 0.717) is 17.9 Å². The molecule has 1 fully saturated rings. The number of aryl methyl sites for hydroxylation is 1. The van der Waals surface area contributed by atoms with Gasteiger partial charge in [0.15, 0.2) is 0 Å². The van der Waals surface area contributed by atoms with E-state index in [9.17, 15) is 19.2 Å². The Bertz CT molecular complexity index is 1040. The second-order valence-corrected chi connectivity index (χ2v) is 7.25. The third kappa shape index (κ3) is 7.05. The minimum Gasteiger partial charge on any atom is -0.497 e. The maximum absolute atomic E-state index is 12.9. The van der Waals surface area contributed by atoms with Crippen molar-refractivity contribution in [3.05, 3.63) is 60.2 Å². The third-order valence-electron chi connectivity index (χ3n) is 4.67. The van der Waals surface area contributed by atoms with Crippen molar-refractivity contribution in [2.45, 2.75) is 32.2 Å². The van der Waals surface area contributed by atoms with E-state index in [0.717, 1.165) is 22.4 Å². The van der Waals surface area contributed by atoms with Crippen LogP contribution in [0.25, 0.3) is 0 Å². The number of nitrogens with one attached hydrogen (secondary N) is 1. The van der Waals surface area contributed by atoms with E-state index >= 15 is 0 Å². The van der Waals surface area contributed by atoms with Crippen LogP contribution in [0.5, 0.6) is 5.75 Å². The van der Waals surface area contributed by atoms with Gasteiger partial charge in [-0.05, 0) is 36.2 Å². The van der Waals surface area contributed by atoms with Gasteiger partial charge in [-0.1, -0.05) is 30.3 Å². The van der Waals surface area contributed by atoms with Crippen LogP contribution in [0.1, 0.15) is 25.3 Å². The Kier molecular flexibility index (Phi) is 9.12. The molecule has 3 rings (SSSR count). The predicted molar refractivity (Wildman–Crippen MR) is 122 cm³/mol. The number of primary amides is 1. The maximum Gasteiger partial charge on any atom is 0.350 e. The van der Waals surface area contributed by atoms with Crippen LogP contribution >= 0.6 is 0 Å². The lowest BCUT2D eigenvalue weighted by Gasteiger charge is -2.21. The highest BCUT2D eigenvalue weighted by atomic mass is 16.5. The first-order valence-electron chi connectivity index (χ1n) is 10.3. The minimum atomic E-state index is -1.21. The van der Waals surface area contributed by atoms with Gasteiger partial charge in [0.25, 0.3) is 11.9 Å². The zero-order valence-corrected chi connectivity index (χ0v) is 18.8. The zero-order valence-electron chi connectivity index (χ0n) is 18.8. The van der Waals surface area contributed by atoms with Gasteiger partial charge in [0.1, 0.15) is 11.8 Å². The van der Waals surface area contributed by atoms with Gasteiger partial charge < -0.3 is 15.6 Å². The SMILES string of the molecule is CC(=O)O.COc1ccc(N2C(=O)C(CC(N)=O)N(NC(=O)CCc3ccccc3)C2=O)cc1. The fourth-order valence-electron chi connectivity index (χ4n) is 3.15. The molecule has 0 saturated carbocycles. The summed E-state index contributed by atoms with van der Waals surface area (Å²) in [6, 6.07) is 13.7. The van der Waals surface area contributed by atoms with Crippen LogP contribution in [-0.2, 0) is 25.6 Å². The molecule has 0 radical (unpaired) electrons. The van der Waals surface area contributed by atoms with Gasteiger partial charge >= 0.3 is 6.03 Å². The lowest BCUT2D eigenvalue weighted by atomic mass is 10.1. The molecule has 11 heteroatoms. The predicted octanol–water partition coefficient (Wildman–Crippen LogP) is 1.46. The van der Waals surface area contributed by atoms with Crippen molar-refractivity contribution >= 4 is 35.4 Å². The molecule has 11 nitrogen and oxygen atoms in total. The normalized spacial score (nSPS) is 14.8. The number of hydrogen-bond acceptors (Lipinski definition) is 6. The summed E-state index contributed by atoms with van der Waals surface area (Å²) < 4.78 is 5.08. The smallest absolute Gasteiger partial charge is 0.350 e. The number of aliphatic carboxylic acids is 1. The number of amides is 5. The van der Waals surface area contributed by atoms with Crippen molar-refractivity contribution in [2.24, 2.45) is 5.73 Å². The summed E-state index contributed by atoms with van der Waals surface area (Å²) in [7, 11) is 1.50. The molecular formula is C23H26N4O7. The Labute approximate surface area is 196 Å². The number of urea groups is 1. The number of carbonyl (C=O) groups excluding carboxylic acids is 4. The largest absolute Gasteiger partial charge is 0.497 e. The average Bonchev–Trinajstić information content (AvgIpc) is 3.01. The molecule has 180 valence electrons. The van der Waals surface area contributed by atoms with Gasteiger partial charge in [-0.25, -0.2) is 14.7 Å². The maximum atomic E-state index is 12.9. The molecule has 2 aromatic carbocycles. The molecule has 1 atom stereocenters. The van der Waals surface area contributed by atoms with Crippen molar-refractivity contribution in [1.82, 2.24) is 10.4 Å². The average molecular weight is 470 g/mol. The first-order valence-corrected chi connectivity index (χ1v) is 10.3. The number of carbonyl (C=O) groups is 5. The monoisotopic (exact) mass is 470 g/mol. The van der Waals surface area contributed by atoms with Gasteiger partial charge in [-0.2, -0.15) is 0 Å². The second kappa shape index (κ2) is 12.0. The van der Waals surface area contributed by atoms with Crippen LogP contribution in [-0.4, -0.2) is 53.0 Å². The van der Waals surface area contributed by atoms with Crippen LogP contribution in [0.2, 0.25) is 0 Å². The van der Waals surface area contributed by atoms with Crippen molar-refractivity contribution < 1.29 is 33.8 Å². The molecule has 0 bridgehead atoms. The number of nitrogens with zero attached hydrogens (tertiary/aromatic N) is 2. The highest BCUT2D eigenvalue weighted by Gasteiger charge is 2.47. The van der Waals surface area contributed by atoms with Crippen molar-refractivity contribution in [3.63, 3.8) is 0 Å². The first-order chi connectivity index (χ1) is 16.1. The Morgan fingerprint density at radius 2 is 1.65 bits per heavy atom. The topological polar surface area (TPSA) is 159 Å². The molecule has 1 saturated heterocycles. The molecule has 1 aliphatic heterocycles. The van der Waals surface area contributed by atoms with Crippen LogP contribution in [0.15, 0.2) is 54.6 Å². The zero-order chi connectivity index (χ0) is 25.3. The number of nitrogens with two attached hydrogens (primary N) is 1.